The van der Waals surface area contributed by atoms with Crippen molar-refractivity contribution in [3.8, 4) is 0 Å². The van der Waals surface area contributed by atoms with Gasteiger partial charge in [-0.15, -0.1) is 0 Å². The van der Waals surface area contributed by atoms with E-state index in [1.54, 1.807) is 0 Å². The minimum atomic E-state index is -0.820. The molecule has 0 aromatic heterocycles. The quantitative estimate of drug-likeness (QED) is 0.0262. The molecule has 0 fully saturated rings. The molecule has 0 heterocycles. The van der Waals surface area contributed by atoms with Crippen molar-refractivity contribution in [2.45, 2.75) is 239 Å². The molecular formula is C64H102O6. The van der Waals surface area contributed by atoms with Crippen LogP contribution in [-0.4, -0.2) is 37.2 Å². The van der Waals surface area contributed by atoms with Gasteiger partial charge in [-0.3, -0.25) is 14.4 Å². The Hall–Kier alpha value is -4.45. The third-order valence-electron chi connectivity index (χ3n) is 11.4. The van der Waals surface area contributed by atoms with Gasteiger partial charge >= 0.3 is 17.9 Å². The van der Waals surface area contributed by atoms with Crippen molar-refractivity contribution in [3.63, 3.8) is 0 Å². The Morgan fingerprint density at radius 3 is 0.929 bits per heavy atom. The Labute approximate surface area is 430 Å². The Kier molecular flexibility index (Phi) is 53.5. The Morgan fingerprint density at radius 1 is 0.300 bits per heavy atom. The SMILES string of the molecule is CC/C=C\C/C=C\C/C=C\C/C=C\C/C=C\C/C=C\CCC(=O)OC(COC(=O)CCCCCCCC)COC(=O)CCCCCCCCCCCCC/C=C\C/C=C\C/C=C\C/C=C\C/C=C\CC. The predicted molar refractivity (Wildman–Crippen MR) is 302 cm³/mol. The molecule has 0 amide bonds. The summed E-state index contributed by atoms with van der Waals surface area (Å²) in [7, 11) is 0. The first-order valence-electron chi connectivity index (χ1n) is 28.2. The molecule has 6 heteroatoms. The van der Waals surface area contributed by atoms with Gasteiger partial charge in [0.05, 0.1) is 0 Å². The molecule has 0 aliphatic heterocycles. The standard InChI is InChI=1S/C64H102O6/c1-4-7-10-13-16-18-20-22-24-26-28-29-30-31-32-33-34-35-37-38-40-42-44-46-48-51-54-57-63(66)69-60-61(59-68-62(65)56-53-50-15-12-9-6-3)70-64(67)58-55-52-49-47-45-43-41-39-36-27-25-23-21-19-17-14-11-8-5-2/h7-8,10-11,16-19,22-25,28-29,31-32,36,39,43,45,49,52,61H,4-6,9,12-15,20-21,26-27,30,33-35,37-38,40-42,44,46-48,50-51,53-60H2,1-3H3/b10-7-,11-8-,18-16-,19-17-,24-22-,25-23-,29-28-,32-31-,39-36-,45-43-,52-49-. The van der Waals surface area contributed by atoms with Crippen molar-refractivity contribution in [3.05, 3.63) is 134 Å². The van der Waals surface area contributed by atoms with E-state index in [9.17, 15) is 14.4 Å². The summed E-state index contributed by atoms with van der Waals surface area (Å²) in [5, 5.41) is 0. The topological polar surface area (TPSA) is 78.9 Å². The van der Waals surface area contributed by atoms with Crippen LogP contribution in [0.3, 0.4) is 0 Å². The zero-order valence-electron chi connectivity index (χ0n) is 45.0. The fourth-order valence-corrected chi connectivity index (χ4v) is 7.26. The van der Waals surface area contributed by atoms with E-state index < -0.39 is 12.1 Å². The highest BCUT2D eigenvalue weighted by Gasteiger charge is 2.19. The highest BCUT2D eigenvalue weighted by atomic mass is 16.6. The van der Waals surface area contributed by atoms with E-state index >= 15 is 0 Å². The summed E-state index contributed by atoms with van der Waals surface area (Å²) < 4.78 is 16.7. The van der Waals surface area contributed by atoms with E-state index in [1.165, 1.54) is 77.0 Å². The zero-order chi connectivity index (χ0) is 50.7. The zero-order valence-corrected chi connectivity index (χ0v) is 45.0. The molecule has 0 aromatic carbocycles. The summed E-state index contributed by atoms with van der Waals surface area (Å²) in [4.78, 5) is 37.8. The van der Waals surface area contributed by atoms with Crippen LogP contribution in [0, 0.1) is 0 Å². The van der Waals surface area contributed by atoms with Crippen molar-refractivity contribution >= 4 is 17.9 Å². The molecule has 6 nitrogen and oxygen atoms in total. The lowest BCUT2D eigenvalue weighted by Gasteiger charge is -2.18. The lowest BCUT2D eigenvalue weighted by atomic mass is 10.0. The number of unbranched alkanes of at least 4 members (excludes halogenated alkanes) is 16. The van der Waals surface area contributed by atoms with Gasteiger partial charge in [-0.1, -0.05) is 244 Å². The van der Waals surface area contributed by atoms with Gasteiger partial charge in [-0.2, -0.15) is 0 Å². The summed E-state index contributed by atoms with van der Waals surface area (Å²) in [6, 6.07) is 0. The molecule has 394 valence electrons. The second-order valence-corrected chi connectivity index (χ2v) is 18.1. The molecule has 0 spiro atoms. The monoisotopic (exact) mass is 967 g/mol. The molecule has 0 rings (SSSR count). The molecule has 70 heavy (non-hydrogen) atoms. The number of carbonyl (C=O) groups is 3. The first-order chi connectivity index (χ1) is 34.5. The van der Waals surface area contributed by atoms with Crippen LogP contribution in [0.1, 0.15) is 233 Å². The molecule has 0 aliphatic rings. The lowest BCUT2D eigenvalue weighted by Crippen LogP contribution is -2.30. The molecule has 0 saturated carbocycles. The minimum absolute atomic E-state index is 0.112. The van der Waals surface area contributed by atoms with Crippen molar-refractivity contribution < 1.29 is 28.6 Å². The molecule has 0 radical (unpaired) electrons. The molecule has 0 aliphatic carbocycles. The van der Waals surface area contributed by atoms with Gasteiger partial charge in [0.25, 0.3) is 0 Å². The van der Waals surface area contributed by atoms with E-state index in [1.807, 2.05) is 12.2 Å². The van der Waals surface area contributed by atoms with Crippen LogP contribution in [0.5, 0.6) is 0 Å². The Balaban J connectivity index is 4.25. The summed E-state index contributed by atoms with van der Waals surface area (Å²) in [5.74, 6) is -1.02. The van der Waals surface area contributed by atoms with Gasteiger partial charge < -0.3 is 14.2 Å². The van der Waals surface area contributed by atoms with Crippen molar-refractivity contribution in [1.82, 2.24) is 0 Å². The smallest absolute Gasteiger partial charge is 0.306 e. The first kappa shape index (κ1) is 65.5. The summed E-state index contributed by atoms with van der Waals surface area (Å²) in [5.41, 5.74) is 0. The third kappa shape index (κ3) is 54.5. The van der Waals surface area contributed by atoms with Crippen LogP contribution in [0.25, 0.3) is 0 Å². The molecule has 0 bridgehead atoms. The predicted octanol–water partition coefficient (Wildman–Crippen LogP) is 19.0. The third-order valence-corrected chi connectivity index (χ3v) is 11.4. The van der Waals surface area contributed by atoms with Gasteiger partial charge in [0.2, 0.25) is 0 Å². The molecule has 1 unspecified atom stereocenters. The average Bonchev–Trinajstić information content (AvgIpc) is 3.36. The minimum Gasteiger partial charge on any atom is -0.462 e. The second-order valence-electron chi connectivity index (χ2n) is 18.1. The summed E-state index contributed by atoms with van der Waals surface area (Å²) >= 11 is 0. The number of rotatable bonds is 49. The highest BCUT2D eigenvalue weighted by Crippen LogP contribution is 2.14. The molecule has 0 saturated heterocycles. The Morgan fingerprint density at radius 2 is 0.586 bits per heavy atom. The highest BCUT2D eigenvalue weighted by molar-refractivity contribution is 5.71. The van der Waals surface area contributed by atoms with Gasteiger partial charge in [-0.05, 0) is 103 Å². The molecule has 0 aromatic rings. The maximum atomic E-state index is 12.7. The van der Waals surface area contributed by atoms with E-state index in [2.05, 4.69) is 142 Å². The van der Waals surface area contributed by atoms with Crippen LogP contribution in [0.2, 0.25) is 0 Å². The van der Waals surface area contributed by atoms with Crippen LogP contribution < -0.4 is 0 Å². The Bertz CT molecular complexity index is 1530. The number of ether oxygens (including phenoxy) is 3. The molecule has 0 N–H and O–H groups in total. The van der Waals surface area contributed by atoms with E-state index in [0.29, 0.717) is 19.3 Å². The largest absolute Gasteiger partial charge is 0.462 e. The number of hydrogen-bond acceptors (Lipinski definition) is 6. The molecule has 1 atom stereocenters. The lowest BCUT2D eigenvalue weighted by molar-refractivity contribution is -0.166. The van der Waals surface area contributed by atoms with Crippen LogP contribution >= 0.6 is 0 Å². The fraction of sp³-hybridized carbons (Fsp3) is 0.609. The summed E-state index contributed by atoms with van der Waals surface area (Å²) in [6.07, 6.45) is 80.6. The van der Waals surface area contributed by atoms with Crippen molar-refractivity contribution in [2.24, 2.45) is 0 Å². The second kappa shape index (κ2) is 57.1. The van der Waals surface area contributed by atoms with Gasteiger partial charge in [-0.25, -0.2) is 0 Å². The van der Waals surface area contributed by atoms with Crippen LogP contribution in [-0.2, 0) is 28.6 Å². The van der Waals surface area contributed by atoms with E-state index in [0.717, 1.165) is 109 Å². The van der Waals surface area contributed by atoms with E-state index in [4.69, 9.17) is 14.2 Å². The number of carbonyl (C=O) groups excluding carboxylic acids is 3. The fourth-order valence-electron chi connectivity index (χ4n) is 7.26. The number of allylic oxidation sites excluding steroid dienone is 22. The maximum absolute atomic E-state index is 12.7. The molecular weight excluding hydrogens is 865 g/mol. The van der Waals surface area contributed by atoms with Crippen LogP contribution in [0.4, 0.5) is 0 Å². The first-order valence-corrected chi connectivity index (χ1v) is 28.2. The summed E-state index contributed by atoms with van der Waals surface area (Å²) in [6.45, 7) is 6.27. The van der Waals surface area contributed by atoms with Crippen molar-refractivity contribution in [2.75, 3.05) is 13.2 Å². The van der Waals surface area contributed by atoms with Gasteiger partial charge in [0.1, 0.15) is 13.2 Å². The average molecular weight is 968 g/mol. The van der Waals surface area contributed by atoms with Crippen molar-refractivity contribution in [1.29, 1.82) is 0 Å². The van der Waals surface area contributed by atoms with Crippen LogP contribution in [0.15, 0.2) is 134 Å². The maximum Gasteiger partial charge on any atom is 0.306 e. The van der Waals surface area contributed by atoms with Gasteiger partial charge in [0.15, 0.2) is 6.10 Å². The van der Waals surface area contributed by atoms with E-state index in [-0.39, 0.29) is 31.6 Å². The number of hydrogen-bond donors (Lipinski definition) is 0. The normalized spacial score (nSPS) is 13.1. The van der Waals surface area contributed by atoms with Gasteiger partial charge in [0, 0.05) is 19.3 Å². The number of esters is 3.